The lowest BCUT2D eigenvalue weighted by Gasteiger charge is -2.41. The highest BCUT2D eigenvalue weighted by Gasteiger charge is 2.37. The van der Waals surface area contributed by atoms with Gasteiger partial charge in [-0.2, -0.15) is 0 Å². The normalized spacial score (nSPS) is 27.9. The highest BCUT2D eigenvalue weighted by molar-refractivity contribution is 6.06. The Hall–Kier alpha value is -2.07. The van der Waals surface area contributed by atoms with Crippen molar-refractivity contribution in [2.24, 2.45) is 5.41 Å². The van der Waals surface area contributed by atoms with Crippen molar-refractivity contribution >= 4 is 5.78 Å². The third-order valence-corrected chi connectivity index (χ3v) is 4.75. The van der Waals surface area contributed by atoms with E-state index in [0.717, 1.165) is 29.7 Å². The number of rotatable bonds is 3. The van der Waals surface area contributed by atoms with Gasteiger partial charge >= 0.3 is 0 Å². The fraction of sp³-hybridized carbons (Fsp3) is 0.450. The fourth-order valence-electron chi connectivity index (χ4n) is 3.66. The number of carbonyl (C=O) groups excluding carboxylic acids is 1. The van der Waals surface area contributed by atoms with Crippen LogP contribution >= 0.6 is 0 Å². The van der Waals surface area contributed by atoms with E-state index in [1.54, 1.807) is 12.3 Å². The standard InChI is InChI=1S/C20H26N2O2/c1-20(2)11-14-10-13-6-5-7-15(16(23)8-9-22(3)4)18(13)21-19(14)17(24)12-20/h5-10,17-18,21,24H,11-12H2,1-4H3. The van der Waals surface area contributed by atoms with Gasteiger partial charge in [0.25, 0.3) is 0 Å². The third-order valence-electron chi connectivity index (χ3n) is 4.75. The average Bonchev–Trinajstić information content (AvgIpc) is 2.49. The van der Waals surface area contributed by atoms with E-state index in [4.69, 9.17) is 0 Å². The molecule has 0 aromatic heterocycles. The Balaban J connectivity index is 1.89. The Bertz CT molecular complexity index is 705. The fourth-order valence-corrected chi connectivity index (χ4v) is 3.66. The van der Waals surface area contributed by atoms with Crippen LogP contribution in [0.25, 0.3) is 0 Å². The number of hydrogen-bond acceptors (Lipinski definition) is 4. The predicted molar refractivity (Wildman–Crippen MR) is 96.1 cm³/mol. The van der Waals surface area contributed by atoms with Gasteiger partial charge in [0.05, 0.1) is 12.1 Å². The second-order valence-corrected chi connectivity index (χ2v) is 7.85. The molecule has 2 atom stereocenters. The summed E-state index contributed by atoms with van der Waals surface area (Å²) >= 11 is 0. The van der Waals surface area contributed by atoms with Gasteiger partial charge in [0.15, 0.2) is 5.78 Å². The summed E-state index contributed by atoms with van der Waals surface area (Å²) in [7, 11) is 3.78. The van der Waals surface area contributed by atoms with Crippen molar-refractivity contribution in [1.82, 2.24) is 10.2 Å². The van der Waals surface area contributed by atoms with Crippen LogP contribution in [0.5, 0.6) is 0 Å². The van der Waals surface area contributed by atoms with Crippen LogP contribution in [0.2, 0.25) is 0 Å². The number of aliphatic hydroxyl groups excluding tert-OH is 1. The van der Waals surface area contributed by atoms with E-state index in [1.807, 2.05) is 37.2 Å². The molecule has 0 amide bonds. The van der Waals surface area contributed by atoms with Crippen molar-refractivity contribution in [2.45, 2.75) is 38.8 Å². The maximum atomic E-state index is 12.5. The van der Waals surface area contributed by atoms with Crippen LogP contribution in [0.4, 0.5) is 0 Å². The Kier molecular flexibility index (Phi) is 4.26. The third kappa shape index (κ3) is 3.24. The van der Waals surface area contributed by atoms with Gasteiger partial charge in [-0.1, -0.05) is 38.2 Å². The smallest absolute Gasteiger partial charge is 0.185 e. The van der Waals surface area contributed by atoms with Gasteiger partial charge in [-0.25, -0.2) is 0 Å². The van der Waals surface area contributed by atoms with Crippen molar-refractivity contribution in [3.8, 4) is 0 Å². The van der Waals surface area contributed by atoms with E-state index in [0.29, 0.717) is 5.57 Å². The van der Waals surface area contributed by atoms with Crippen molar-refractivity contribution in [3.63, 3.8) is 0 Å². The van der Waals surface area contributed by atoms with Crippen molar-refractivity contribution in [2.75, 3.05) is 14.1 Å². The largest absolute Gasteiger partial charge is 0.387 e. The lowest BCUT2D eigenvalue weighted by molar-refractivity contribution is -0.111. The van der Waals surface area contributed by atoms with Gasteiger partial charge in [-0.15, -0.1) is 0 Å². The molecule has 0 fully saturated rings. The number of hydrogen-bond donors (Lipinski definition) is 2. The summed E-state index contributed by atoms with van der Waals surface area (Å²) in [6.45, 7) is 4.37. The zero-order valence-electron chi connectivity index (χ0n) is 14.8. The van der Waals surface area contributed by atoms with Gasteiger partial charge in [0.1, 0.15) is 0 Å². The molecule has 3 aliphatic rings. The molecule has 128 valence electrons. The molecule has 0 aromatic carbocycles. The minimum atomic E-state index is -0.499. The molecule has 3 rings (SSSR count). The monoisotopic (exact) mass is 326 g/mol. The molecule has 0 bridgehead atoms. The van der Waals surface area contributed by atoms with Crippen LogP contribution in [0, 0.1) is 5.41 Å². The zero-order valence-corrected chi connectivity index (χ0v) is 14.8. The van der Waals surface area contributed by atoms with Gasteiger partial charge < -0.3 is 15.3 Å². The molecule has 0 radical (unpaired) electrons. The van der Waals surface area contributed by atoms with Gasteiger partial charge in [0.2, 0.25) is 0 Å². The molecule has 4 nitrogen and oxygen atoms in total. The van der Waals surface area contributed by atoms with E-state index in [1.165, 1.54) is 0 Å². The SMILES string of the molecule is CN(C)C=CC(=O)C1=CC=CC2=CC3=C(NC21)C(O)CC(C)(C)C3. The van der Waals surface area contributed by atoms with Crippen molar-refractivity contribution in [1.29, 1.82) is 0 Å². The molecular weight excluding hydrogens is 300 g/mol. The van der Waals surface area contributed by atoms with Crippen LogP contribution < -0.4 is 5.32 Å². The highest BCUT2D eigenvalue weighted by atomic mass is 16.3. The van der Waals surface area contributed by atoms with E-state index in [-0.39, 0.29) is 17.2 Å². The van der Waals surface area contributed by atoms with E-state index in [2.05, 4.69) is 25.2 Å². The van der Waals surface area contributed by atoms with E-state index in [9.17, 15) is 9.90 Å². The number of allylic oxidation sites excluding steroid dienone is 5. The summed E-state index contributed by atoms with van der Waals surface area (Å²) in [5.74, 6) is -0.00821. The molecule has 2 aliphatic carbocycles. The molecule has 24 heavy (non-hydrogen) atoms. The number of nitrogens with zero attached hydrogens (tertiary/aromatic N) is 1. The summed E-state index contributed by atoms with van der Waals surface area (Å²) < 4.78 is 0. The quantitative estimate of drug-likeness (QED) is 0.782. The lowest BCUT2D eigenvalue weighted by Crippen LogP contribution is -2.45. The minimum Gasteiger partial charge on any atom is -0.387 e. The molecule has 1 aliphatic heterocycles. The minimum absolute atomic E-state index is 0.00821. The molecule has 0 saturated carbocycles. The Labute approximate surface area is 143 Å². The maximum absolute atomic E-state index is 12.5. The maximum Gasteiger partial charge on any atom is 0.185 e. The molecule has 2 N–H and O–H groups in total. The van der Waals surface area contributed by atoms with E-state index >= 15 is 0 Å². The second-order valence-electron chi connectivity index (χ2n) is 7.85. The molecule has 0 saturated heterocycles. The molecule has 0 aromatic rings. The molecule has 1 heterocycles. The average molecular weight is 326 g/mol. The number of nitrogens with one attached hydrogen (secondary N) is 1. The van der Waals surface area contributed by atoms with Gasteiger partial charge in [-0.05, 0) is 29.4 Å². The first-order valence-corrected chi connectivity index (χ1v) is 8.43. The first-order chi connectivity index (χ1) is 11.3. The molecular formula is C20H26N2O2. The van der Waals surface area contributed by atoms with Crippen LogP contribution in [-0.4, -0.2) is 42.0 Å². The van der Waals surface area contributed by atoms with Crippen molar-refractivity contribution in [3.05, 3.63) is 59.0 Å². The summed E-state index contributed by atoms with van der Waals surface area (Å²) in [6, 6.07) is -0.177. The van der Waals surface area contributed by atoms with Crippen LogP contribution in [0.15, 0.2) is 59.0 Å². The number of dihydropyridines is 1. The van der Waals surface area contributed by atoms with Crippen LogP contribution in [-0.2, 0) is 4.79 Å². The first-order valence-electron chi connectivity index (χ1n) is 8.43. The Morgan fingerprint density at radius 1 is 1.42 bits per heavy atom. The number of carbonyl (C=O) groups is 1. The Morgan fingerprint density at radius 2 is 2.17 bits per heavy atom. The molecule has 0 spiro atoms. The topological polar surface area (TPSA) is 52.6 Å². The highest BCUT2D eigenvalue weighted by Crippen LogP contribution is 2.42. The number of ketones is 1. The number of aliphatic hydroxyl groups is 1. The summed E-state index contributed by atoms with van der Waals surface area (Å²) in [5, 5.41) is 14.0. The second kappa shape index (κ2) is 6.10. The number of fused-ring (bicyclic) bond motifs is 1. The zero-order chi connectivity index (χ0) is 17.5. The summed E-state index contributed by atoms with van der Waals surface area (Å²) in [5.41, 5.74) is 3.93. The molecule has 4 heteroatoms. The van der Waals surface area contributed by atoms with Crippen molar-refractivity contribution < 1.29 is 9.90 Å². The lowest BCUT2D eigenvalue weighted by atomic mass is 9.72. The van der Waals surface area contributed by atoms with Gasteiger partial charge in [0, 0.05) is 37.6 Å². The van der Waals surface area contributed by atoms with Crippen LogP contribution in [0.3, 0.4) is 0 Å². The predicted octanol–water partition coefficient (Wildman–Crippen LogP) is 2.46. The summed E-state index contributed by atoms with van der Waals surface area (Å²) in [6.07, 6.45) is 12.5. The van der Waals surface area contributed by atoms with Crippen LogP contribution in [0.1, 0.15) is 26.7 Å². The first kappa shape index (κ1) is 16.8. The van der Waals surface area contributed by atoms with Gasteiger partial charge in [-0.3, -0.25) is 4.79 Å². The molecule has 2 unspecified atom stereocenters. The summed E-state index contributed by atoms with van der Waals surface area (Å²) in [4.78, 5) is 14.4. The van der Waals surface area contributed by atoms with E-state index < -0.39 is 6.10 Å². The Morgan fingerprint density at radius 3 is 2.88 bits per heavy atom.